The minimum atomic E-state index is -0.0349. The van der Waals surface area contributed by atoms with E-state index in [1.807, 2.05) is 24.3 Å². The lowest BCUT2D eigenvalue weighted by Gasteiger charge is -2.26. The highest BCUT2D eigenvalue weighted by Crippen LogP contribution is 2.25. The third-order valence-electron chi connectivity index (χ3n) is 4.68. The zero-order valence-corrected chi connectivity index (χ0v) is 16.4. The van der Waals surface area contributed by atoms with Crippen molar-refractivity contribution in [2.45, 2.75) is 19.5 Å². The van der Waals surface area contributed by atoms with Crippen molar-refractivity contribution in [1.82, 2.24) is 10.2 Å². The fraction of sp³-hybridized carbons (Fsp3) is 0.409. The molecule has 0 spiro atoms. The summed E-state index contributed by atoms with van der Waals surface area (Å²) in [6.45, 7) is 5.35. The molecular weight excluding hydrogens is 356 g/mol. The number of para-hydroxylation sites is 2. The molecule has 1 saturated heterocycles. The van der Waals surface area contributed by atoms with Crippen molar-refractivity contribution >= 4 is 5.91 Å². The molecular formula is C22H28N2O4. The summed E-state index contributed by atoms with van der Waals surface area (Å²) in [5.41, 5.74) is 2.37. The number of morpholine rings is 1. The molecule has 0 aliphatic carbocycles. The topological polar surface area (TPSA) is 60.0 Å². The molecule has 1 aliphatic heterocycles. The Morgan fingerprint density at radius 1 is 1.04 bits per heavy atom. The normalized spacial score (nSPS) is 14.5. The lowest BCUT2D eigenvalue weighted by atomic mass is 10.1. The number of amides is 1. The summed E-state index contributed by atoms with van der Waals surface area (Å²) in [5.74, 6) is 1.28. The van der Waals surface area contributed by atoms with E-state index in [9.17, 15) is 4.79 Å². The van der Waals surface area contributed by atoms with Gasteiger partial charge in [0.1, 0.15) is 0 Å². The summed E-state index contributed by atoms with van der Waals surface area (Å²) in [5, 5.41) is 2.94. The van der Waals surface area contributed by atoms with Gasteiger partial charge in [-0.15, -0.1) is 0 Å². The highest BCUT2D eigenvalue weighted by molar-refractivity contribution is 5.76. The van der Waals surface area contributed by atoms with E-state index in [-0.39, 0.29) is 5.91 Å². The molecule has 1 heterocycles. The van der Waals surface area contributed by atoms with Gasteiger partial charge in [0.15, 0.2) is 11.5 Å². The van der Waals surface area contributed by atoms with Crippen LogP contribution >= 0.6 is 0 Å². The second kappa shape index (κ2) is 10.7. The van der Waals surface area contributed by atoms with Crippen LogP contribution in [0.4, 0.5) is 0 Å². The Labute approximate surface area is 166 Å². The van der Waals surface area contributed by atoms with Crippen LogP contribution in [0.3, 0.4) is 0 Å². The molecule has 3 rings (SSSR count). The average molecular weight is 384 g/mol. The largest absolute Gasteiger partial charge is 0.493 e. The number of rotatable bonds is 9. The van der Waals surface area contributed by atoms with Crippen LogP contribution < -0.4 is 14.8 Å². The highest BCUT2D eigenvalue weighted by Gasteiger charge is 2.10. The van der Waals surface area contributed by atoms with Crippen molar-refractivity contribution in [3.05, 3.63) is 59.7 Å². The molecule has 0 unspecified atom stereocenters. The maximum Gasteiger partial charge on any atom is 0.223 e. The second-order valence-electron chi connectivity index (χ2n) is 6.73. The zero-order chi connectivity index (χ0) is 19.6. The Kier molecular flexibility index (Phi) is 7.70. The first-order valence-electron chi connectivity index (χ1n) is 9.65. The fourth-order valence-electron chi connectivity index (χ4n) is 3.06. The highest BCUT2D eigenvalue weighted by atomic mass is 16.5. The number of ether oxygens (including phenoxy) is 3. The maximum atomic E-state index is 12.0. The van der Waals surface area contributed by atoms with Crippen molar-refractivity contribution in [2.24, 2.45) is 0 Å². The first-order chi connectivity index (χ1) is 13.7. The minimum Gasteiger partial charge on any atom is -0.493 e. The van der Waals surface area contributed by atoms with Crippen LogP contribution in [0.2, 0.25) is 0 Å². The summed E-state index contributed by atoms with van der Waals surface area (Å²) in [6.07, 6.45) is 0.299. The Morgan fingerprint density at radius 3 is 2.43 bits per heavy atom. The minimum absolute atomic E-state index is 0.0349. The molecule has 28 heavy (non-hydrogen) atoms. The monoisotopic (exact) mass is 384 g/mol. The summed E-state index contributed by atoms with van der Waals surface area (Å²) in [7, 11) is 1.60. The van der Waals surface area contributed by atoms with E-state index in [0.29, 0.717) is 31.1 Å². The fourth-order valence-corrected chi connectivity index (χ4v) is 3.06. The van der Waals surface area contributed by atoms with Gasteiger partial charge in [0.2, 0.25) is 5.91 Å². The van der Waals surface area contributed by atoms with E-state index in [0.717, 1.165) is 38.4 Å². The lowest BCUT2D eigenvalue weighted by Crippen LogP contribution is -2.35. The van der Waals surface area contributed by atoms with E-state index < -0.39 is 0 Å². The third kappa shape index (κ3) is 6.25. The molecule has 0 atom stereocenters. The van der Waals surface area contributed by atoms with Crippen LogP contribution in [-0.4, -0.2) is 50.8 Å². The summed E-state index contributed by atoms with van der Waals surface area (Å²) in [6, 6.07) is 15.8. The molecule has 150 valence electrons. The molecule has 0 radical (unpaired) electrons. The van der Waals surface area contributed by atoms with Gasteiger partial charge in [-0.25, -0.2) is 0 Å². The predicted octanol–water partition coefficient (Wildman–Crippen LogP) is 2.61. The van der Waals surface area contributed by atoms with Crippen LogP contribution in [0.15, 0.2) is 48.5 Å². The van der Waals surface area contributed by atoms with Gasteiger partial charge >= 0.3 is 0 Å². The van der Waals surface area contributed by atoms with Gasteiger partial charge in [-0.2, -0.15) is 0 Å². The Balaban J connectivity index is 1.37. The van der Waals surface area contributed by atoms with Crippen LogP contribution in [0, 0.1) is 0 Å². The first kappa shape index (κ1) is 20.2. The van der Waals surface area contributed by atoms with Gasteiger partial charge in [0, 0.05) is 26.2 Å². The quantitative estimate of drug-likeness (QED) is 0.720. The van der Waals surface area contributed by atoms with Gasteiger partial charge in [-0.05, 0) is 23.3 Å². The molecule has 0 bridgehead atoms. The zero-order valence-electron chi connectivity index (χ0n) is 16.4. The molecule has 1 amide bonds. The Bertz CT molecular complexity index is 742. The van der Waals surface area contributed by atoms with Crippen molar-refractivity contribution < 1.29 is 19.0 Å². The van der Waals surface area contributed by atoms with E-state index >= 15 is 0 Å². The molecule has 2 aromatic rings. The molecule has 6 heteroatoms. The third-order valence-corrected chi connectivity index (χ3v) is 4.68. The van der Waals surface area contributed by atoms with E-state index in [4.69, 9.17) is 14.2 Å². The number of carbonyl (C=O) groups excluding carboxylic acids is 1. The number of nitrogens with zero attached hydrogens (tertiary/aromatic N) is 1. The summed E-state index contributed by atoms with van der Waals surface area (Å²) < 4.78 is 16.2. The van der Waals surface area contributed by atoms with Gasteiger partial charge in [0.05, 0.1) is 33.4 Å². The molecule has 1 fully saturated rings. The number of hydrogen-bond acceptors (Lipinski definition) is 5. The van der Waals surface area contributed by atoms with Crippen molar-refractivity contribution in [3.63, 3.8) is 0 Å². The van der Waals surface area contributed by atoms with Gasteiger partial charge in [0.25, 0.3) is 0 Å². The first-order valence-corrected chi connectivity index (χ1v) is 9.65. The number of hydrogen-bond donors (Lipinski definition) is 1. The van der Waals surface area contributed by atoms with Crippen molar-refractivity contribution in [1.29, 1.82) is 0 Å². The van der Waals surface area contributed by atoms with Gasteiger partial charge < -0.3 is 19.5 Å². The second-order valence-corrected chi connectivity index (χ2v) is 6.73. The van der Waals surface area contributed by atoms with Crippen molar-refractivity contribution in [2.75, 3.05) is 40.0 Å². The van der Waals surface area contributed by atoms with Crippen LogP contribution in [-0.2, 0) is 22.6 Å². The molecule has 1 aliphatic rings. The number of carbonyl (C=O) groups is 1. The Morgan fingerprint density at radius 2 is 1.71 bits per heavy atom. The smallest absolute Gasteiger partial charge is 0.223 e. The summed E-state index contributed by atoms with van der Waals surface area (Å²) in [4.78, 5) is 14.4. The Hall–Kier alpha value is -2.57. The summed E-state index contributed by atoms with van der Waals surface area (Å²) >= 11 is 0. The van der Waals surface area contributed by atoms with E-state index in [2.05, 4.69) is 34.5 Å². The number of benzene rings is 2. The predicted molar refractivity (Wildman–Crippen MR) is 107 cm³/mol. The van der Waals surface area contributed by atoms with Crippen molar-refractivity contribution in [3.8, 4) is 11.5 Å². The van der Waals surface area contributed by atoms with Crippen LogP contribution in [0.25, 0.3) is 0 Å². The van der Waals surface area contributed by atoms with Crippen LogP contribution in [0.1, 0.15) is 17.5 Å². The van der Waals surface area contributed by atoms with E-state index in [1.54, 1.807) is 7.11 Å². The van der Waals surface area contributed by atoms with Crippen LogP contribution in [0.5, 0.6) is 11.5 Å². The van der Waals surface area contributed by atoms with Gasteiger partial charge in [-0.3, -0.25) is 9.69 Å². The lowest BCUT2D eigenvalue weighted by molar-refractivity contribution is -0.121. The molecule has 1 N–H and O–H groups in total. The van der Waals surface area contributed by atoms with E-state index in [1.165, 1.54) is 5.56 Å². The number of methoxy groups -OCH3 is 1. The molecule has 0 aromatic heterocycles. The molecule has 6 nitrogen and oxygen atoms in total. The average Bonchev–Trinajstić information content (AvgIpc) is 2.74. The maximum absolute atomic E-state index is 12.0. The SMILES string of the molecule is COc1ccccc1OCCC(=O)NCc1ccc(CN2CCOCC2)cc1. The standard InChI is InChI=1S/C22H28N2O4/c1-26-20-4-2-3-5-21(20)28-13-10-22(25)23-16-18-6-8-19(9-7-18)17-24-11-14-27-15-12-24/h2-9H,10-17H2,1H3,(H,23,25). The number of nitrogens with one attached hydrogen (secondary N) is 1. The molecule has 2 aromatic carbocycles. The molecule has 0 saturated carbocycles. The van der Waals surface area contributed by atoms with Gasteiger partial charge in [-0.1, -0.05) is 36.4 Å².